The maximum Gasteiger partial charge on any atom is 0.416 e. The number of piperidine rings is 1. The van der Waals surface area contributed by atoms with E-state index in [9.17, 15) is 18.0 Å². The summed E-state index contributed by atoms with van der Waals surface area (Å²) in [7, 11) is 0. The number of carbonyl (C=O) groups excluding carboxylic acids is 1. The molecule has 3 fully saturated rings. The molecule has 0 saturated carbocycles. The predicted molar refractivity (Wildman–Crippen MR) is 118 cm³/mol. The van der Waals surface area contributed by atoms with Gasteiger partial charge in [0.15, 0.2) is 0 Å². The summed E-state index contributed by atoms with van der Waals surface area (Å²) in [6, 6.07) is 4.18. The average Bonchev–Trinajstić information content (AvgIpc) is 3.20. The lowest BCUT2D eigenvalue weighted by Gasteiger charge is -2.56. The molecule has 1 aromatic rings. The lowest BCUT2D eigenvalue weighted by molar-refractivity contribution is -0.137. The molecule has 0 N–H and O–H groups in total. The number of likely N-dealkylation sites (tertiary alicyclic amines) is 2. The second kappa shape index (κ2) is 8.43. The van der Waals surface area contributed by atoms with E-state index in [1.165, 1.54) is 12.1 Å². The molecule has 3 aliphatic rings. The topological polar surface area (TPSA) is 36.0 Å². The van der Waals surface area contributed by atoms with Crippen LogP contribution in [0.15, 0.2) is 18.2 Å². The summed E-state index contributed by atoms with van der Waals surface area (Å²) in [6.07, 6.45) is 0.179. The molecule has 1 spiro atoms. The molecule has 0 bridgehead atoms. The van der Waals surface area contributed by atoms with Gasteiger partial charge in [-0.15, -0.1) is 0 Å². The largest absolute Gasteiger partial charge is 0.444 e. The summed E-state index contributed by atoms with van der Waals surface area (Å²) >= 11 is 0. The number of carbonyl (C=O) groups is 1. The van der Waals surface area contributed by atoms with Gasteiger partial charge in [-0.1, -0.05) is 6.07 Å². The number of amides is 1. The van der Waals surface area contributed by atoms with Gasteiger partial charge in [0.1, 0.15) is 5.60 Å². The third-order valence-electron chi connectivity index (χ3n) is 7.03. The zero-order valence-corrected chi connectivity index (χ0v) is 19.3. The number of nitrogens with zero attached hydrogens (tertiary/aromatic N) is 3. The van der Waals surface area contributed by atoms with Crippen molar-refractivity contribution in [1.29, 1.82) is 0 Å². The number of benzene rings is 1. The van der Waals surface area contributed by atoms with Gasteiger partial charge in [0, 0.05) is 45.0 Å². The van der Waals surface area contributed by atoms with E-state index in [1.54, 1.807) is 6.07 Å². The maximum atomic E-state index is 13.3. The summed E-state index contributed by atoms with van der Waals surface area (Å²) in [4.78, 5) is 18.9. The fraction of sp³-hybridized carbons (Fsp3) is 0.708. The van der Waals surface area contributed by atoms with Crippen LogP contribution in [0.25, 0.3) is 0 Å². The molecule has 4 rings (SSSR count). The minimum Gasteiger partial charge on any atom is -0.444 e. The van der Waals surface area contributed by atoms with Gasteiger partial charge in [0.2, 0.25) is 0 Å². The van der Waals surface area contributed by atoms with E-state index in [0.29, 0.717) is 6.54 Å². The van der Waals surface area contributed by atoms with Crippen LogP contribution in [0, 0.1) is 0 Å². The normalized spacial score (nSPS) is 21.7. The number of hydrogen-bond acceptors (Lipinski definition) is 4. The molecular weight excluding hydrogens is 419 g/mol. The van der Waals surface area contributed by atoms with Gasteiger partial charge in [0.25, 0.3) is 0 Å². The Morgan fingerprint density at radius 2 is 1.62 bits per heavy atom. The Balaban J connectivity index is 1.42. The molecule has 178 valence electrons. The van der Waals surface area contributed by atoms with E-state index in [0.717, 1.165) is 76.1 Å². The number of halogens is 3. The molecule has 1 amide bonds. The molecule has 0 aliphatic carbocycles. The van der Waals surface area contributed by atoms with Crippen LogP contribution >= 0.6 is 0 Å². The van der Waals surface area contributed by atoms with Crippen LogP contribution in [0.4, 0.5) is 23.7 Å². The highest BCUT2D eigenvalue weighted by Crippen LogP contribution is 2.42. The smallest absolute Gasteiger partial charge is 0.416 e. The Morgan fingerprint density at radius 1 is 1.00 bits per heavy atom. The molecule has 8 heteroatoms. The van der Waals surface area contributed by atoms with Gasteiger partial charge in [-0.25, -0.2) is 4.79 Å². The maximum absolute atomic E-state index is 13.3. The van der Waals surface area contributed by atoms with Gasteiger partial charge in [-0.2, -0.15) is 13.2 Å². The highest BCUT2D eigenvalue weighted by molar-refractivity contribution is 5.70. The molecular formula is C24H34F3N3O2. The molecule has 3 heterocycles. The second-order valence-corrected chi connectivity index (χ2v) is 10.4. The minimum atomic E-state index is -4.33. The number of rotatable bonds is 3. The van der Waals surface area contributed by atoms with Crippen LogP contribution in [-0.2, 0) is 17.5 Å². The van der Waals surface area contributed by atoms with Crippen molar-refractivity contribution < 1.29 is 22.7 Å². The zero-order chi connectivity index (χ0) is 23.1. The first-order chi connectivity index (χ1) is 15.0. The number of anilines is 1. The molecule has 0 unspecified atom stereocenters. The predicted octanol–water partition coefficient (Wildman–Crippen LogP) is 5.28. The Labute approximate surface area is 188 Å². The fourth-order valence-corrected chi connectivity index (χ4v) is 5.16. The number of alkyl halides is 3. The lowest BCUT2D eigenvalue weighted by Crippen LogP contribution is -2.66. The molecule has 1 aromatic carbocycles. The quantitative estimate of drug-likeness (QED) is 0.624. The van der Waals surface area contributed by atoms with Gasteiger partial charge in [0.05, 0.1) is 11.1 Å². The molecule has 0 aromatic heterocycles. The third-order valence-corrected chi connectivity index (χ3v) is 7.03. The standard InChI is InChI=1S/C24H34F3N3O2/c1-22(2,3)32-21(31)30-15-10-23(30)8-13-28(14-9-23)17-18-6-7-19(24(25,26)27)16-20(18)29-11-4-5-12-29/h6-7,16H,4-5,8-15,17H2,1-3H3. The summed E-state index contributed by atoms with van der Waals surface area (Å²) in [5.41, 5.74) is 0.452. The van der Waals surface area contributed by atoms with Crippen LogP contribution < -0.4 is 4.90 Å². The van der Waals surface area contributed by atoms with Crippen LogP contribution in [0.1, 0.15) is 64.0 Å². The molecule has 0 radical (unpaired) electrons. The lowest BCUT2D eigenvalue weighted by atomic mass is 9.76. The molecule has 3 saturated heterocycles. The van der Waals surface area contributed by atoms with E-state index >= 15 is 0 Å². The Morgan fingerprint density at radius 3 is 2.16 bits per heavy atom. The van der Waals surface area contributed by atoms with Crippen molar-refractivity contribution in [1.82, 2.24) is 9.80 Å². The summed E-state index contributed by atoms with van der Waals surface area (Å²) in [5, 5.41) is 0. The van der Waals surface area contributed by atoms with Crippen molar-refractivity contribution >= 4 is 11.8 Å². The van der Waals surface area contributed by atoms with E-state index in [-0.39, 0.29) is 11.6 Å². The first-order valence-corrected chi connectivity index (χ1v) is 11.6. The van der Waals surface area contributed by atoms with Crippen LogP contribution in [0.3, 0.4) is 0 Å². The highest BCUT2D eigenvalue weighted by atomic mass is 19.4. The zero-order valence-electron chi connectivity index (χ0n) is 19.3. The van der Waals surface area contributed by atoms with Crippen LogP contribution in [-0.4, -0.2) is 59.8 Å². The van der Waals surface area contributed by atoms with Crippen molar-refractivity contribution in [3.63, 3.8) is 0 Å². The molecule has 5 nitrogen and oxygen atoms in total. The Kier molecular flexibility index (Phi) is 6.11. The fourth-order valence-electron chi connectivity index (χ4n) is 5.16. The second-order valence-electron chi connectivity index (χ2n) is 10.4. The van der Waals surface area contributed by atoms with Gasteiger partial charge in [-0.05, 0) is 70.6 Å². The first kappa shape index (κ1) is 23.2. The van der Waals surface area contributed by atoms with E-state index in [4.69, 9.17) is 4.74 Å². The van der Waals surface area contributed by atoms with Crippen molar-refractivity contribution in [3.05, 3.63) is 29.3 Å². The summed E-state index contributed by atoms with van der Waals surface area (Å²) in [6.45, 7) is 10.2. The van der Waals surface area contributed by atoms with E-state index in [2.05, 4.69) is 9.80 Å². The third kappa shape index (κ3) is 4.85. The van der Waals surface area contributed by atoms with E-state index in [1.807, 2.05) is 25.7 Å². The Hall–Kier alpha value is -1.96. The van der Waals surface area contributed by atoms with E-state index < -0.39 is 17.3 Å². The monoisotopic (exact) mass is 453 g/mol. The summed E-state index contributed by atoms with van der Waals surface area (Å²) < 4.78 is 45.5. The van der Waals surface area contributed by atoms with Crippen molar-refractivity contribution in [2.45, 2.75) is 76.7 Å². The summed E-state index contributed by atoms with van der Waals surface area (Å²) in [5.74, 6) is 0. The highest BCUT2D eigenvalue weighted by Gasteiger charge is 2.50. The first-order valence-electron chi connectivity index (χ1n) is 11.6. The van der Waals surface area contributed by atoms with Gasteiger partial charge < -0.3 is 14.5 Å². The van der Waals surface area contributed by atoms with Crippen LogP contribution in [0.2, 0.25) is 0 Å². The van der Waals surface area contributed by atoms with Crippen molar-refractivity contribution in [2.75, 3.05) is 37.6 Å². The van der Waals surface area contributed by atoms with Crippen molar-refractivity contribution in [3.8, 4) is 0 Å². The average molecular weight is 454 g/mol. The van der Waals surface area contributed by atoms with Crippen molar-refractivity contribution in [2.24, 2.45) is 0 Å². The molecule has 0 atom stereocenters. The van der Waals surface area contributed by atoms with Crippen LogP contribution in [0.5, 0.6) is 0 Å². The molecule has 3 aliphatic heterocycles. The van der Waals surface area contributed by atoms with Gasteiger partial charge >= 0.3 is 12.3 Å². The Bertz CT molecular complexity index is 836. The number of ether oxygens (including phenoxy) is 1. The SMILES string of the molecule is CC(C)(C)OC(=O)N1CCC12CCN(Cc1ccc(C(F)(F)F)cc1N1CCCC1)CC2. The van der Waals surface area contributed by atoms with Gasteiger partial charge in [-0.3, -0.25) is 4.90 Å². The number of hydrogen-bond donors (Lipinski definition) is 0. The minimum absolute atomic E-state index is 0.128. The molecule has 32 heavy (non-hydrogen) atoms.